The van der Waals surface area contributed by atoms with Crippen LogP contribution in [0.5, 0.6) is 5.75 Å². The number of likely N-dealkylation sites (N-methyl/N-ethyl adjacent to an activating group) is 1. The summed E-state index contributed by atoms with van der Waals surface area (Å²) in [5, 5.41) is 8.91. The molecule has 0 heterocycles. The van der Waals surface area contributed by atoms with Gasteiger partial charge in [0.25, 0.3) is 0 Å². The third kappa shape index (κ3) is 5.77. The fourth-order valence-corrected chi connectivity index (χ4v) is 1.95. The van der Waals surface area contributed by atoms with Gasteiger partial charge in [-0.3, -0.25) is 4.79 Å². The van der Waals surface area contributed by atoms with Gasteiger partial charge in [0.05, 0.1) is 18.9 Å². The van der Waals surface area contributed by atoms with E-state index in [-0.39, 0.29) is 12.5 Å². The van der Waals surface area contributed by atoms with Crippen molar-refractivity contribution < 1.29 is 14.6 Å². The molecule has 5 nitrogen and oxygen atoms in total. The molecular weight excluding hydrogens is 280 g/mol. The largest absolute Gasteiger partial charge is 0.491 e. The number of nitrogens with two attached hydrogens (primary N) is 1. The van der Waals surface area contributed by atoms with Gasteiger partial charge in [-0.1, -0.05) is 19.4 Å². The standard InChI is InChI=1S/C17H26N2O3/c1-3-5-12-22-16-8-6-14(13-15(16)18)7-9-17(21)19(4-2)10-11-20/h6-9,13,20H,3-5,10-12,18H2,1-2H3/b9-7-. The second-order valence-corrected chi connectivity index (χ2v) is 4.97. The number of nitrogen functional groups attached to an aromatic ring is 1. The smallest absolute Gasteiger partial charge is 0.246 e. The first-order chi connectivity index (χ1) is 10.6. The fraction of sp³-hybridized carbons (Fsp3) is 0.471. The molecule has 0 saturated heterocycles. The van der Waals surface area contributed by atoms with E-state index in [1.807, 2.05) is 19.1 Å². The summed E-state index contributed by atoms with van der Waals surface area (Å²) in [5.74, 6) is 0.547. The molecule has 0 spiro atoms. The Hall–Kier alpha value is -2.01. The highest BCUT2D eigenvalue weighted by Crippen LogP contribution is 2.23. The lowest BCUT2D eigenvalue weighted by Gasteiger charge is -2.17. The van der Waals surface area contributed by atoms with Crippen LogP contribution in [0.2, 0.25) is 0 Å². The van der Waals surface area contributed by atoms with Gasteiger partial charge >= 0.3 is 0 Å². The molecule has 0 aliphatic rings. The monoisotopic (exact) mass is 306 g/mol. The molecule has 122 valence electrons. The highest BCUT2D eigenvalue weighted by Gasteiger charge is 2.07. The van der Waals surface area contributed by atoms with E-state index in [2.05, 4.69) is 6.92 Å². The van der Waals surface area contributed by atoms with Crippen molar-refractivity contribution >= 4 is 17.7 Å². The van der Waals surface area contributed by atoms with Crippen molar-refractivity contribution in [2.24, 2.45) is 0 Å². The Morgan fingerprint density at radius 2 is 2.18 bits per heavy atom. The lowest BCUT2D eigenvalue weighted by Crippen LogP contribution is -2.31. The molecule has 3 N–H and O–H groups in total. The maximum atomic E-state index is 11.9. The number of amides is 1. The van der Waals surface area contributed by atoms with Gasteiger partial charge in [0, 0.05) is 19.2 Å². The molecule has 0 atom stereocenters. The van der Waals surface area contributed by atoms with Crippen molar-refractivity contribution in [3.63, 3.8) is 0 Å². The lowest BCUT2D eigenvalue weighted by molar-refractivity contribution is -0.126. The van der Waals surface area contributed by atoms with Gasteiger partial charge in [-0.15, -0.1) is 0 Å². The van der Waals surface area contributed by atoms with Crippen LogP contribution < -0.4 is 10.5 Å². The predicted octanol–water partition coefficient (Wildman–Crippen LogP) is 2.30. The van der Waals surface area contributed by atoms with Crippen LogP contribution in [-0.2, 0) is 4.79 Å². The van der Waals surface area contributed by atoms with Gasteiger partial charge in [0.1, 0.15) is 5.75 Å². The number of benzene rings is 1. The minimum atomic E-state index is -0.126. The number of unbranched alkanes of at least 4 members (excludes halogenated alkanes) is 1. The number of hydrogen-bond acceptors (Lipinski definition) is 4. The zero-order chi connectivity index (χ0) is 16.4. The summed E-state index contributed by atoms with van der Waals surface area (Å²) in [7, 11) is 0. The number of hydrogen-bond donors (Lipinski definition) is 2. The molecule has 0 fully saturated rings. The summed E-state index contributed by atoms with van der Waals surface area (Å²) in [4.78, 5) is 13.5. The number of ether oxygens (including phenoxy) is 1. The van der Waals surface area contributed by atoms with Gasteiger partial charge < -0.3 is 20.5 Å². The number of carbonyl (C=O) groups is 1. The predicted molar refractivity (Wildman–Crippen MR) is 89.6 cm³/mol. The molecule has 1 aromatic carbocycles. The summed E-state index contributed by atoms with van der Waals surface area (Å²) in [6.45, 7) is 5.50. The van der Waals surface area contributed by atoms with Gasteiger partial charge in [-0.2, -0.15) is 0 Å². The Morgan fingerprint density at radius 1 is 1.41 bits per heavy atom. The Bertz CT molecular complexity index is 501. The maximum absolute atomic E-state index is 11.9. The van der Waals surface area contributed by atoms with Gasteiger partial charge in [-0.25, -0.2) is 0 Å². The molecule has 0 saturated carbocycles. The van der Waals surface area contributed by atoms with Crippen LogP contribution in [0.25, 0.3) is 6.08 Å². The number of aliphatic hydroxyl groups is 1. The topological polar surface area (TPSA) is 75.8 Å². The summed E-state index contributed by atoms with van der Waals surface area (Å²) in [6.07, 6.45) is 5.28. The van der Waals surface area contributed by atoms with E-state index < -0.39 is 0 Å². The van der Waals surface area contributed by atoms with Crippen LogP contribution in [0.3, 0.4) is 0 Å². The summed E-state index contributed by atoms with van der Waals surface area (Å²) >= 11 is 0. The van der Waals surface area contributed by atoms with E-state index >= 15 is 0 Å². The van der Waals surface area contributed by atoms with Crippen LogP contribution in [0, 0.1) is 0 Å². The van der Waals surface area contributed by atoms with Crippen molar-refractivity contribution in [1.82, 2.24) is 4.90 Å². The molecule has 0 aliphatic carbocycles. The third-order valence-electron chi connectivity index (χ3n) is 3.27. The molecule has 1 aromatic rings. The van der Waals surface area contributed by atoms with Crippen LogP contribution in [0.15, 0.2) is 24.3 Å². The first-order valence-electron chi connectivity index (χ1n) is 7.72. The van der Waals surface area contributed by atoms with Gasteiger partial charge in [0.15, 0.2) is 0 Å². The van der Waals surface area contributed by atoms with E-state index in [0.29, 0.717) is 31.1 Å². The zero-order valence-corrected chi connectivity index (χ0v) is 13.4. The number of carbonyl (C=O) groups excluding carboxylic acids is 1. The highest BCUT2D eigenvalue weighted by atomic mass is 16.5. The number of nitrogens with zero attached hydrogens (tertiary/aromatic N) is 1. The first kappa shape index (κ1) is 18.0. The van der Waals surface area contributed by atoms with Crippen LogP contribution in [0.4, 0.5) is 5.69 Å². The maximum Gasteiger partial charge on any atom is 0.246 e. The molecule has 0 unspecified atom stereocenters. The van der Waals surface area contributed by atoms with Crippen LogP contribution >= 0.6 is 0 Å². The van der Waals surface area contributed by atoms with E-state index in [0.717, 1.165) is 18.4 Å². The lowest BCUT2D eigenvalue weighted by atomic mass is 10.1. The van der Waals surface area contributed by atoms with Crippen molar-refractivity contribution in [3.8, 4) is 5.75 Å². The fourth-order valence-electron chi connectivity index (χ4n) is 1.95. The van der Waals surface area contributed by atoms with Crippen molar-refractivity contribution in [1.29, 1.82) is 0 Å². The zero-order valence-electron chi connectivity index (χ0n) is 13.4. The first-order valence-corrected chi connectivity index (χ1v) is 7.72. The summed E-state index contributed by atoms with van der Waals surface area (Å²) < 4.78 is 5.59. The van der Waals surface area contributed by atoms with Gasteiger partial charge in [-0.05, 0) is 37.1 Å². The van der Waals surface area contributed by atoms with Crippen molar-refractivity contribution in [2.75, 3.05) is 32.0 Å². The molecular formula is C17H26N2O3. The molecule has 0 aromatic heterocycles. The third-order valence-corrected chi connectivity index (χ3v) is 3.27. The van der Waals surface area contributed by atoms with E-state index in [1.54, 1.807) is 17.0 Å². The second kappa shape index (κ2) is 9.84. The van der Waals surface area contributed by atoms with E-state index in [4.69, 9.17) is 15.6 Å². The second-order valence-electron chi connectivity index (χ2n) is 4.97. The molecule has 0 radical (unpaired) electrons. The number of rotatable bonds is 9. The van der Waals surface area contributed by atoms with Crippen LogP contribution in [0.1, 0.15) is 32.3 Å². The van der Waals surface area contributed by atoms with E-state index in [9.17, 15) is 4.79 Å². The quantitative estimate of drug-likeness (QED) is 0.417. The SMILES string of the molecule is CCCCOc1ccc(/C=C\C(=O)N(CC)CCO)cc1N. The average molecular weight is 306 g/mol. The summed E-state index contributed by atoms with van der Waals surface area (Å²) in [6, 6.07) is 5.47. The minimum Gasteiger partial charge on any atom is -0.491 e. The molecule has 0 aliphatic heterocycles. The van der Waals surface area contributed by atoms with Crippen molar-refractivity contribution in [2.45, 2.75) is 26.7 Å². The van der Waals surface area contributed by atoms with E-state index in [1.165, 1.54) is 6.08 Å². The van der Waals surface area contributed by atoms with Crippen molar-refractivity contribution in [3.05, 3.63) is 29.8 Å². The molecule has 5 heteroatoms. The number of anilines is 1. The Balaban J connectivity index is 2.67. The minimum absolute atomic E-state index is 0.0375. The number of aliphatic hydroxyl groups excluding tert-OH is 1. The summed E-state index contributed by atoms with van der Waals surface area (Å²) in [5.41, 5.74) is 7.36. The Kier molecular flexibility index (Phi) is 8.07. The van der Waals surface area contributed by atoms with Gasteiger partial charge in [0.2, 0.25) is 5.91 Å². The highest BCUT2D eigenvalue weighted by molar-refractivity contribution is 5.92. The Morgan fingerprint density at radius 3 is 2.77 bits per heavy atom. The average Bonchev–Trinajstić information content (AvgIpc) is 2.52. The van der Waals surface area contributed by atoms with Crippen LogP contribution in [-0.4, -0.2) is 42.2 Å². The molecule has 0 bridgehead atoms. The normalized spacial score (nSPS) is 10.9. The molecule has 1 amide bonds. The Labute approximate surface area is 132 Å². The molecule has 1 rings (SSSR count). The molecule has 22 heavy (non-hydrogen) atoms.